The van der Waals surface area contributed by atoms with Crippen molar-refractivity contribution >= 4 is 27.8 Å². The monoisotopic (exact) mass is 439 g/mol. The van der Waals surface area contributed by atoms with Gasteiger partial charge in [0.1, 0.15) is 17.9 Å². The lowest BCUT2D eigenvalue weighted by molar-refractivity contribution is 0.0697. The molecule has 3 aromatic carbocycles. The molecule has 0 fully saturated rings. The predicted molar refractivity (Wildman–Crippen MR) is 123 cm³/mol. The van der Waals surface area contributed by atoms with Crippen LogP contribution in [0.25, 0.3) is 33.2 Å². The van der Waals surface area contributed by atoms with Gasteiger partial charge in [-0.1, -0.05) is 30.3 Å². The Kier molecular flexibility index (Phi) is 4.99. The number of para-hydroxylation sites is 2. The van der Waals surface area contributed by atoms with E-state index in [0.29, 0.717) is 11.3 Å². The molecule has 0 saturated carbocycles. The van der Waals surface area contributed by atoms with Crippen molar-refractivity contribution in [3.8, 4) is 22.8 Å². The highest BCUT2D eigenvalue weighted by molar-refractivity contribution is 6.01. The Morgan fingerprint density at radius 3 is 2.52 bits per heavy atom. The smallest absolute Gasteiger partial charge is 0.339 e. The molecule has 2 N–H and O–H groups in total. The van der Waals surface area contributed by atoms with E-state index in [9.17, 15) is 19.8 Å². The molecule has 2 heterocycles. The molecular weight excluding hydrogens is 422 g/mol. The zero-order valence-electron chi connectivity index (χ0n) is 17.2. The molecule has 0 spiro atoms. The van der Waals surface area contributed by atoms with Crippen LogP contribution in [0.4, 0.5) is 0 Å². The minimum Gasteiger partial charge on any atom is -0.502 e. The van der Waals surface area contributed by atoms with Crippen LogP contribution in [0.1, 0.15) is 16.1 Å². The highest BCUT2D eigenvalue weighted by Crippen LogP contribution is 2.32. The van der Waals surface area contributed by atoms with Gasteiger partial charge in [-0.15, -0.1) is 0 Å². The van der Waals surface area contributed by atoms with Gasteiger partial charge in [0.15, 0.2) is 11.3 Å². The minimum atomic E-state index is -1.23. The summed E-state index contributed by atoms with van der Waals surface area (Å²) in [7, 11) is 0. The summed E-state index contributed by atoms with van der Waals surface area (Å²) in [5.74, 6) is -1.36. The first-order valence-electron chi connectivity index (χ1n) is 10.1. The van der Waals surface area contributed by atoms with Gasteiger partial charge in [-0.3, -0.25) is 4.79 Å². The maximum atomic E-state index is 12.6. The molecule has 162 valence electrons. The molecule has 2 aromatic heterocycles. The van der Waals surface area contributed by atoms with Crippen molar-refractivity contribution in [1.29, 1.82) is 0 Å². The van der Waals surface area contributed by atoms with Gasteiger partial charge in [0.25, 0.3) is 0 Å². The largest absolute Gasteiger partial charge is 0.502 e. The van der Waals surface area contributed by atoms with Gasteiger partial charge >= 0.3 is 5.97 Å². The molecule has 7 nitrogen and oxygen atoms in total. The van der Waals surface area contributed by atoms with Gasteiger partial charge in [0, 0.05) is 10.9 Å². The van der Waals surface area contributed by atoms with Crippen LogP contribution in [0.5, 0.6) is 11.5 Å². The quantitative estimate of drug-likeness (QED) is 0.397. The molecule has 0 bridgehead atoms. The molecule has 0 atom stereocenters. The SMILES string of the molecule is O=C(O)c1cccc2c(=O)c(O)c(-c3ccc(OCc4ccc5ccccc5n4)cc3)oc12. The molecule has 0 aliphatic rings. The van der Waals surface area contributed by atoms with Crippen molar-refractivity contribution in [3.63, 3.8) is 0 Å². The molecule has 0 radical (unpaired) electrons. The van der Waals surface area contributed by atoms with Gasteiger partial charge in [0.05, 0.1) is 16.6 Å². The number of carboxylic acids is 1. The summed E-state index contributed by atoms with van der Waals surface area (Å²) in [6.45, 7) is 0.266. The number of carboxylic acid groups (broad SMARTS) is 1. The van der Waals surface area contributed by atoms with Gasteiger partial charge in [0.2, 0.25) is 11.2 Å². The van der Waals surface area contributed by atoms with E-state index in [0.717, 1.165) is 16.6 Å². The second-order valence-corrected chi connectivity index (χ2v) is 7.40. The van der Waals surface area contributed by atoms with E-state index < -0.39 is 17.1 Å². The van der Waals surface area contributed by atoms with E-state index in [2.05, 4.69) is 4.98 Å². The Morgan fingerprint density at radius 2 is 1.73 bits per heavy atom. The molecule has 0 aliphatic carbocycles. The second kappa shape index (κ2) is 8.12. The third kappa shape index (κ3) is 3.76. The minimum absolute atomic E-state index is 0.000937. The van der Waals surface area contributed by atoms with Gasteiger partial charge in [-0.2, -0.15) is 0 Å². The number of ether oxygens (including phenoxy) is 1. The molecule has 33 heavy (non-hydrogen) atoms. The molecule has 5 rings (SSSR count). The fourth-order valence-corrected chi connectivity index (χ4v) is 3.62. The highest BCUT2D eigenvalue weighted by atomic mass is 16.5. The van der Waals surface area contributed by atoms with Gasteiger partial charge < -0.3 is 19.4 Å². The summed E-state index contributed by atoms with van der Waals surface area (Å²) < 4.78 is 11.5. The zero-order valence-corrected chi connectivity index (χ0v) is 17.2. The van der Waals surface area contributed by atoms with Crippen LogP contribution < -0.4 is 10.2 Å². The predicted octanol–water partition coefficient (Wildman–Crippen LogP) is 4.99. The van der Waals surface area contributed by atoms with Crippen LogP contribution >= 0.6 is 0 Å². The first-order chi connectivity index (χ1) is 16.0. The van der Waals surface area contributed by atoms with E-state index in [1.165, 1.54) is 18.2 Å². The zero-order chi connectivity index (χ0) is 22.9. The van der Waals surface area contributed by atoms with Crippen molar-refractivity contribution in [2.24, 2.45) is 0 Å². The average Bonchev–Trinajstić information content (AvgIpc) is 2.84. The molecule has 0 amide bonds. The lowest BCUT2D eigenvalue weighted by atomic mass is 10.1. The number of rotatable bonds is 5. The number of aromatic nitrogens is 1. The highest BCUT2D eigenvalue weighted by Gasteiger charge is 2.19. The Morgan fingerprint density at radius 1 is 0.939 bits per heavy atom. The third-order valence-electron chi connectivity index (χ3n) is 5.28. The summed E-state index contributed by atoms with van der Waals surface area (Å²) in [6, 6.07) is 22.5. The summed E-state index contributed by atoms with van der Waals surface area (Å²) in [4.78, 5) is 28.7. The van der Waals surface area contributed by atoms with Crippen molar-refractivity contribution in [3.05, 3.63) is 100 Å². The number of fused-ring (bicyclic) bond motifs is 2. The number of pyridine rings is 1. The number of hydrogen-bond donors (Lipinski definition) is 2. The number of aromatic hydroxyl groups is 1. The van der Waals surface area contributed by atoms with Crippen LogP contribution in [0, 0.1) is 0 Å². The Labute approximate surface area is 187 Å². The summed E-state index contributed by atoms with van der Waals surface area (Å²) in [5, 5.41) is 20.8. The normalized spacial score (nSPS) is 11.0. The van der Waals surface area contributed by atoms with Crippen molar-refractivity contribution in [2.75, 3.05) is 0 Å². The van der Waals surface area contributed by atoms with Crippen LogP contribution in [0.2, 0.25) is 0 Å². The summed E-state index contributed by atoms with van der Waals surface area (Å²) in [6.07, 6.45) is 0. The fourth-order valence-electron chi connectivity index (χ4n) is 3.62. The number of nitrogens with zero attached hydrogens (tertiary/aromatic N) is 1. The van der Waals surface area contributed by atoms with Crippen LogP contribution in [0.3, 0.4) is 0 Å². The van der Waals surface area contributed by atoms with E-state index >= 15 is 0 Å². The maximum absolute atomic E-state index is 12.6. The second-order valence-electron chi connectivity index (χ2n) is 7.40. The lowest BCUT2D eigenvalue weighted by Gasteiger charge is -2.09. The molecule has 5 aromatic rings. The number of benzene rings is 3. The third-order valence-corrected chi connectivity index (χ3v) is 5.28. The molecule has 0 aliphatic heterocycles. The van der Waals surface area contributed by atoms with Crippen molar-refractivity contribution < 1.29 is 24.2 Å². The molecule has 0 unspecified atom stereocenters. The summed E-state index contributed by atoms with van der Waals surface area (Å²) in [5.41, 5.74) is 1.12. The molecule has 0 saturated heterocycles. The van der Waals surface area contributed by atoms with E-state index in [-0.39, 0.29) is 28.9 Å². The first-order valence-corrected chi connectivity index (χ1v) is 10.1. The van der Waals surface area contributed by atoms with Crippen LogP contribution in [-0.4, -0.2) is 21.2 Å². The first kappa shape index (κ1) is 20.3. The van der Waals surface area contributed by atoms with Gasteiger partial charge in [-0.25, -0.2) is 9.78 Å². The summed E-state index contributed by atoms with van der Waals surface area (Å²) >= 11 is 0. The molecular formula is C26H17NO6. The number of hydrogen-bond acceptors (Lipinski definition) is 6. The Balaban J connectivity index is 1.43. The topological polar surface area (TPSA) is 110 Å². The van der Waals surface area contributed by atoms with E-state index in [1.807, 2.05) is 36.4 Å². The average molecular weight is 439 g/mol. The lowest BCUT2D eigenvalue weighted by Crippen LogP contribution is -2.06. The fraction of sp³-hybridized carbons (Fsp3) is 0.0385. The standard InChI is InChI=1S/C26H17NO6/c28-22-19-5-3-6-20(26(30)31)25(19)33-24(23(22)29)16-9-12-18(13-10-16)32-14-17-11-8-15-4-1-2-7-21(15)27-17/h1-13,29H,14H2,(H,30,31). The Bertz CT molecular complexity index is 1570. The Hall–Kier alpha value is -4.65. The maximum Gasteiger partial charge on any atom is 0.339 e. The van der Waals surface area contributed by atoms with Crippen molar-refractivity contribution in [1.82, 2.24) is 4.98 Å². The number of carbonyl (C=O) groups is 1. The molecule has 7 heteroatoms. The van der Waals surface area contributed by atoms with Crippen molar-refractivity contribution in [2.45, 2.75) is 6.61 Å². The number of aromatic carboxylic acids is 1. The van der Waals surface area contributed by atoms with Crippen LogP contribution in [-0.2, 0) is 6.61 Å². The van der Waals surface area contributed by atoms with Crippen LogP contribution in [0.15, 0.2) is 88.1 Å². The van der Waals surface area contributed by atoms with E-state index in [1.54, 1.807) is 24.3 Å². The van der Waals surface area contributed by atoms with Gasteiger partial charge in [-0.05, 0) is 48.5 Å². The van der Waals surface area contributed by atoms with E-state index in [4.69, 9.17) is 9.15 Å².